The molecule has 152 valence electrons. The first-order chi connectivity index (χ1) is 13.3. The summed E-state index contributed by atoms with van der Waals surface area (Å²) in [5.74, 6) is -0.213. The number of carbonyl (C=O) groups is 1. The predicted octanol–water partition coefficient (Wildman–Crippen LogP) is 6.70. The maximum atomic E-state index is 11.8. The Balaban J connectivity index is 1.34. The standard InChI is InChI=1S/C24H38O3/c1-2-3-4-5-6-7-13-18-22-23(27-22)19-14-8-9-15-20-26-24(25)21-16-11-10-12-17-21/h10-12,16-17,22-23H,2-9,13-15,18-20H2,1H3. The van der Waals surface area contributed by atoms with E-state index in [1.807, 2.05) is 18.2 Å². The van der Waals surface area contributed by atoms with E-state index in [0.29, 0.717) is 24.4 Å². The average Bonchev–Trinajstić information content (AvgIpc) is 3.45. The second-order valence-electron chi connectivity index (χ2n) is 7.83. The third-order valence-corrected chi connectivity index (χ3v) is 5.41. The molecule has 1 aliphatic rings. The molecule has 1 fully saturated rings. The highest BCUT2D eigenvalue weighted by molar-refractivity contribution is 5.89. The zero-order valence-corrected chi connectivity index (χ0v) is 17.2. The molecule has 2 rings (SSSR count). The number of ether oxygens (including phenoxy) is 2. The number of esters is 1. The van der Waals surface area contributed by atoms with Crippen molar-refractivity contribution in [3.63, 3.8) is 0 Å². The molecule has 0 bridgehead atoms. The number of unbranched alkanes of at least 4 members (excludes halogenated alkanes) is 9. The second kappa shape index (κ2) is 13.8. The van der Waals surface area contributed by atoms with Gasteiger partial charge in [-0.05, 0) is 31.4 Å². The number of epoxide rings is 1. The van der Waals surface area contributed by atoms with E-state index in [4.69, 9.17) is 9.47 Å². The molecule has 3 nitrogen and oxygen atoms in total. The van der Waals surface area contributed by atoms with Gasteiger partial charge in [-0.25, -0.2) is 4.79 Å². The lowest BCUT2D eigenvalue weighted by atomic mass is 10.0. The molecule has 1 heterocycles. The maximum Gasteiger partial charge on any atom is 0.338 e. The summed E-state index contributed by atoms with van der Waals surface area (Å²) in [6.45, 7) is 2.79. The Bertz CT molecular complexity index is 500. The van der Waals surface area contributed by atoms with E-state index in [9.17, 15) is 4.79 Å². The van der Waals surface area contributed by atoms with Crippen molar-refractivity contribution in [1.82, 2.24) is 0 Å². The van der Waals surface area contributed by atoms with Gasteiger partial charge in [0.25, 0.3) is 0 Å². The molecule has 1 aromatic carbocycles. The number of rotatable bonds is 16. The SMILES string of the molecule is CCCCCCCCCC1OC1CCCCCCOC(=O)c1ccccc1. The first kappa shape index (κ1) is 21.9. The van der Waals surface area contributed by atoms with Gasteiger partial charge in [0.05, 0.1) is 24.4 Å². The van der Waals surface area contributed by atoms with Crippen LogP contribution in [-0.2, 0) is 9.47 Å². The predicted molar refractivity (Wildman–Crippen MR) is 111 cm³/mol. The van der Waals surface area contributed by atoms with Gasteiger partial charge in [-0.3, -0.25) is 0 Å². The third kappa shape index (κ3) is 9.95. The van der Waals surface area contributed by atoms with Gasteiger partial charge in [-0.15, -0.1) is 0 Å². The lowest BCUT2D eigenvalue weighted by molar-refractivity contribution is 0.0497. The molecule has 0 spiro atoms. The molecule has 2 unspecified atom stereocenters. The highest BCUT2D eigenvalue weighted by Gasteiger charge is 2.36. The molecule has 1 aliphatic heterocycles. The third-order valence-electron chi connectivity index (χ3n) is 5.41. The van der Waals surface area contributed by atoms with E-state index >= 15 is 0 Å². The van der Waals surface area contributed by atoms with Gasteiger partial charge in [0.15, 0.2) is 0 Å². The fourth-order valence-corrected chi connectivity index (χ4v) is 3.61. The minimum atomic E-state index is -0.213. The highest BCUT2D eigenvalue weighted by Crippen LogP contribution is 2.31. The number of benzene rings is 1. The lowest BCUT2D eigenvalue weighted by Gasteiger charge is -2.04. The van der Waals surface area contributed by atoms with Gasteiger partial charge < -0.3 is 9.47 Å². The average molecular weight is 375 g/mol. The fourth-order valence-electron chi connectivity index (χ4n) is 3.61. The van der Waals surface area contributed by atoms with Gasteiger partial charge in [0.2, 0.25) is 0 Å². The molecule has 0 amide bonds. The van der Waals surface area contributed by atoms with Gasteiger partial charge in [-0.2, -0.15) is 0 Å². The molecule has 0 radical (unpaired) electrons. The van der Waals surface area contributed by atoms with Gasteiger partial charge >= 0.3 is 5.97 Å². The Morgan fingerprint density at radius 1 is 0.815 bits per heavy atom. The zero-order valence-electron chi connectivity index (χ0n) is 17.2. The van der Waals surface area contributed by atoms with Gasteiger partial charge in [0, 0.05) is 0 Å². The second-order valence-corrected chi connectivity index (χ2v) is 7.83. The van der Waals surface area contributed by atoms with E-state index in [1.54, 1.807) is 12.1 Å². The first-order valence-corrected chi connectivity index (χ1v) is 11.2. The van der Waals surface area contributed by atoms with Crippen molar-refractivity contribution in [3.8, 4) is 0 Å². The van der Waals surface area contributed by atoms with Crippen molar-refractivity contribution < 1.29 is 14.3 Å². The van der Waals surface area contributed by atoms with Crippen LogP contribution in [0.5, 0.6) is 0 Å². The van der Waals surface area contributed by atoms with Crippen molar-refractivity contribution >= 4 is 5.97 Å². The van der Waals surface area contributed by atoms with Crippen LogP contribution in [0.2, 0.25) is 0 Å². The molecule has 3 heteroatoms. The van der Waals surface area contributed by atoms with Crippen LogP contribution in [-0.4, -0.2) is 24.8 Å². The Labute approximate surface area is 165 Å². The summed E-state index contributed by atoms with van der Waals surface area (Å²) in [7, 11) is 0. The van der Waals surface area contributed by atoms with Crippen molar-refractivity contribution in [1.29, 1.82) is 0 Å². The van der Waals surface area contributed by atoms with Crippen molar-refractivity contribution in [3.05, 3.63) is 35.9 Å². The molecule has 0 saturated carbocycles. The summed E-state index contributed by atoms with van der Waals surface area (Å²) in [6, 6.07) is 9.20. The van der Waals surface area contributed by atoms with Gasteiger partial charge in [0.1, 0.15) is 0 Å². The number of carbonyl (C=O) groups excluding carboxylic acids is 1. The van der Waals surface area contributed by atoms with Crippen molar-refractivity contribution in [2.24, 2.45) is 0 Å². The summed E-state index contributed by atoms with van der Waals surface area (Å²) < 4.78 is 11.1. The van der Waals surface area contributed by atoms with Crippen LogP contribution in [0, 0.1) is 0 Å². The first-order valence-electron chi connectivity index (χ1n) is 11.2. The highest BCUT2D eigenvalue weighted by atomic mass is 16.6. The van der Waals surface area contributed by atoms with Gasteiger partial charge in [-0.1, -0.05) is 89.3 Å². The Hall–Kier alpha value is -1.35. The zero-order chi connectivity index (χ0) is 19.2. The monoisotopic (exact) mass is 374 g/mol. The minimum absolute atomic E-state index is 0.213. The molecule has 2 atom stereocenters. The minimum Gasteiger partial charge on any atom is -0.462 e. The Kier molecular flexibility index (Phi) is 11.2. The van der Waals surface area contributed by atoms with Crippen LogP contribution in [0.1, 0.15) is 101 Å². The van der Waals surface area contributed by atoms with Crippen LogP contribution in [0.4, 0.5) is 0 Å². The van der Waals surface area contributed by atoms with Crippen LogP contribution < -0.4 is 0 Å². The molecule has 0 aliphatic carbocycles. The van der Waals surface area contributed by atoms with Crippen LogP contribution in [0.25, 0.3) is 0 Å². The number of hydrogen-bond donors (Lipinski definition) is 0. The molecular formula is C24H38O3. The summed E-state index contributed by atoms with van der Waals surface area (Å²) in [6.07, 6.45) is 17.7. The summed E-state index contributed by atoms with van der Waals surface area (Å²) in [4.78, 5) is 11.8. The Morgan fingerprint density at radius 2 is 1.37 bits per heavy atom. The molecule has 0 N–H and O–H groups in total. The molecule has 27 heavy (non-hydrogen) atoms. The van der Waals surface area contributed by atoms with E-state index in [1.165, 1.54) is 70.6 Å². The van der Waals surface area contributed by atoms with Crippen molar-refractivity contribution in [2.75, 3.05) is 6.61 Å². The smallest absolute Gasteiger partial charge is 0.338 e. The summed E-state index contributed by atoms with van der Waals surface area (Å²) in [5, 5.41) is 0. The summed E-state index contributed by atoms with van der Waals surface area (Å²) >= 11 is 0. The van der Waals surface area contributed by atoms with E-state index < -0.39 is 0 Å². The van der Waals surface area contributed by atoms with Crippen LogP contribution >= 0.6 is 0 Å². The van der Waals surface area contributed by atoms with E-state index in [0.717, 1.165) is 12.8 Å². The topological polar surface area (TPSA) is 38.8 Å². The van der Waals surface area contributed by atoms with Crippen molar-refractivity contribution in [2.45, 2.75) is 103 Å². The quantitative estimate of drug-likeness (QED) is 0.183. The van der Waals surface area contributed by atoms with Crippen LogP contribution in [0.3, 0.4) is 0 Å². The summed E-state index contributed by atoms with van der Waals surface area (Å²) in [5.41, 5.74) is 0.635. The molecule has 1 aromatic rings. The lowest BCUT2D eigenvalue weighted by Crippen LogP contribution is -2.06. The van der Waals surface area contributed by atoms with E-state index in [-0.39, 0.29) is 5.97 Å². The van der Waals surface area contributed by atoms with Crippen LogP contribution in [0.15, 0.2) is 30.3 Å². The fraction of sp³-hybridized carbons (Fsp3) is 0.708. The van der Waals surface area contributed by atoms with E-state index in [2.05, 4.69) is 6.92 Å². The normalized spacial score (nSPS) is 18.4. The molecule has 0 aromatic heterocycles. The Morgan fingerprint density at radius 3 is 2.00 bits per heavy atom. The molecule has 1 saturated heterocycles. The molecular weight excluding hydrogens is 336 g/mol. The largest absolute Gasteiger partial charge is 0.462 e. The maximum absolute atomic E-state index is 11.8. The number of hydrogen-bond acceptors (Lipinski definition) is 3.